The Hall–Kier alpha value is -1.32. The molecule has 1 N–H and O–H groups in total. The summed E-state index contributed by atoms with van der Waals surface area (Å²) in [5.74, 6) is 0. The number of nitrogens with one attached hydrogen (secondary N) is 1. The molecule has 1 fully saturated rings. The third-order valence-corrected chi connectivity index (χ3v) is 3.28. The topological polar surface area (TPSA) is 28.2 Å². The molecular formula is C14H17ClN3-. The van der Waals surface area contributed by atoms with Crippen LogP contribution in [-0.2, 0) is 0 Å². The van der Waals surface area contributed by atoms with Crippen LogP contribution in [0.15, 0.2) is 30.3 Å². The predicted molar refractivity (Wildman–Crippen MR) is 71.6 cm³/mol. The Balaban J connectivity index is 0.00000120. The van der Waals surface area contributed by atoms with Crippen molar-refractivity contribution in [2.45, 2.75) is 6.92 Å². The zero-order chi connectivity index (χ0) is 11.7. The maximum atomic E-state index is 4.59. The van der Waals surface area contributed by atoms with E-state index >= 15 is 0 Å². The highest BCUT2D eigenvalue weighted by Gasteiger charge is 2.13. The van der Waals surface area contributed by atoms with Gasteiger partial charge in [-0.3, -0.25) is 4.98 Å². The largest absolute Gasteiger partial charge is 1.00 e. The predicted octanol–water partition coefficient (Wildman–Crippen LogP) is -1.04. The first-order valence-corrected chi connectivity index (χ1v) is 6.17. The lowest BCUT2D eigenvalue weighted by Gasteiger charge is -2.30. The molecule has 1 aromatic carbocycles. The van der Waals surface area contributed by atoms with Crippen LogP contribution in [0, 0.1) is 6.92 Å². The van der Waals surface area contributed by atoms with Crippen molar-refractivity contribution in [3.05, 3.63) is 36.0 Å². The van der Waals surface area contributed by atoms with Crippen LogP contribution < -0.4 is 22.6 Å². The monoisotopic (exact) mass is 262 g/mol. The van der Waals surface area contributed by atoms with Crippen LogP contribution in [0.5, 0.6) is 0 Å². The standard InChI is InChI=1S/C14H17N3.ClH/c1-11-10-14(17-8-6-15-7-9-17)12-4-2-3-5-13(12)16-11;/h2-5,10,15H,6-9H2,1H3;1H/p-1. The molecule has 2 aromatic rings. The van der Waals surface area contributed by atoms with Gasteiger partial charge in [-0.25, -0.2) is 0 Å². The van der Waals surface area contributed by atoms with Crippen molar-refractivity contribution in [2.24, 2.45) is 0 Å². The first-order valence-electron chi connectivity index (χ1n) is 6.17. The summed E-state index contributed by atoms with van der Waals surface area (Å²) in [6.07, 6.45) is 0. The second-order valence-corrected chi connectivity index (χ2v) is 4.54. The van der Waals surface area contributed by atoms with Crippen LogP contribution in [-0.4, -0.2) is 31.2 Å². The van der Waals surface area contributed by atoms with Gasteiger partial charge in [0, 0.05) is 42.9 Å². The number of rotatable bonds is 1. The second kappa shape index (κ2) is 5.55. The molecule has 0 bridgehead atoms. The molecule has 0 atom stereocenters. The van der Waals surface area contributed by atoms with Gasteiger partial charge in [0.05, 0.1) is 5.52 Å². The molecule has 0 amide bonds. The number of piperazine rings is 1. The van der Waals surface area contributed by atoms with Crippen molar-refractivity contribution in [2.75, 3.05) is 31.1 Å². The number of para-hydroxylation sites is 1. The van der Waals surface area contributed by atoms with Crippen molar-refractivity contribution in [1.82, 2.24) is 10.3 Å². The lowest BCUT2D eigenvalue weighted by Crippen LogP contribution is -3.00. The van der Waals surface area contributed by atoms with E-state index < -0.39 is 0 Å². The molecule has 2 heterocycles. The number of aryl methyl sites for hydroxylation is 1. The van der Waals surface area contributed by atoms with Crippen molar-refractivity contribution in [1.29, 1.82) is 0 Å². The SMILES string of the molecule is Cc1cc(N2CCNCC2)c2ccccc2n1.[Cl-]. The summed E-state index contributed by atoms with van der Waals surface area (Å²) >= 11 is 0. The normalized spacial score (nSPS) is 15.5. The van der Waals surface area contributed by atoms with E-state index in [9.17, 15) is 0 Å². The molecule has 0 spiro atoms. The van der Waals surface area contributed by atoms with Crippen LogP contribution >= 0.6 is 0 Å². The van der Waals surface area contributed by atoms with Gasteiger partial charge < -0.3 is 22.6 Å². The maximum Gasteiger partial charge on any atom is 0.0726 e. The molecular weight excluding hydrogens is 246 g/mol. The fraction of sp³-hybridized carbons (Fsp3) is 0.357. The molecule has 0 saturated carbocycles. The maximum absolute atomic E-state index is 4.59. The van der Waals surface area contributed by atoms with E-state index in [4.69, 9.17) is 0 Å². The Morgan fingerprint density at radius 3 is 2.67 bits per heavy atom. The van der Waals surface area contributed by atoms with E-state index in [1.54, 1.807) is 0 Å². The van der Waals surface area contributed by atoms with E-state index in [0.29, 0.717) is 0 Å². The number of hydrogen-bond acceptors (Lipinski definition) is 3. The Bertz CT molecular complexity index is 536. The van der Waals surface area contributed by atoms with E-state index in [2.05, 4.69) is 52.5 Å². The van der Waals surface area contributed by atoms with Gasteiger partial charge in [0.2, 0.25) is 0 Å². The first-order chi connectivity index (χ1) is 8.34. The number of benzene rings is 1. The number of fused-ring (bicyclic) bond motifs is 1. The summed E-state index contributed by atoms with van der Waals surface area (Å²) in [6, 6.07) is 10.6. The van der Waals surface area contributed by atoms with Crippen molar-refractivity contribution < 1.29 is 12.4 Å². The van der Waals surface area contributed by atoms with Crippen LogP contribution in [0.25, 0.3) is 10.9 Å². The number of pyridine rings is 1. The molecule has 4 heteroatoms. The van der Waals surface area contributed by atoms with E-state index in [1.807, 2.05) is 0 Å². The number of anilines is 1. The quantitative estimate of drug-likeness (QED) is 0.712. The van der Waals surface area contributed by atoms with Gasteiger partial charge in [0.15, 0.2) is 0 Å². The van der Waals surface area contributed by atoms with Crippen molar-refractivity contribution >= 4 is 16.6 Å². The highest BCUT2D eigenvalue weighted by atomic mass is 35.5. The van der Waals surface area contributed by atoms with Crippen molar-refractivity contribution in [3.8, 4) is 0 Å². The van der Waals surface area contributed by atoms with Crippen LogP contribution in [0.2, 0.25) is 0 Å². The minimum Gasteiger partial charge on any atom is -1.00 e. The smallest absolute Gasteiger partial charge is 0.0726 e. The average molecular weight is 263 g/mol. The molecule has 0 aliphatic carbocycles. The summed E-state index contributed by atoms with van der Waals surface area (Å²) in [6.45, 7) is 6.35. The molecule has 3 rings (SSSR count). The van der Waals surface area contributed by atoms with E-state index in [1.165, 1.54) is 11.1 Å². The van der Waals surface area contributed by atoms with Gasteiger partial charge in [-0.2, -0.15) is 0 Å². The highest BCUT2D eigenvalue weighted by molar-refractivity contribution is 5.92. The molecule has 1 aliphatic heterocycles. The van der Waals surface area contributed by atoms with Gasteiger partial charge in [-0.05, 0) is 19.1 Å². The van der Waals surface area contributed by atoms with E-state index in [0.717, 1.165) is 37.4 Å². The molecule has 3 nitrogen and oxygen atoms in total. The molecule has 1 saturated heterocycles. The van der Waals surface area contributed by atoms with Crippen molar-refractivity contribution in [3.63, 3.8) is 0 Å². The molecule has 1 aromatic heterocycles. The minimum atomic E-state index is 0. The number of hydrogen-bond donors (Lipinski definition) is 1. The van der Waals surface area contributed by atoms with E-state index in [-0.39, 0.29) is 12.4 Å². The molecule has 0 radical (unpaired) electrons. The van der Waals surface area contributed by atoms with Gasteiger partial charge >= 0.3 is 0 Å². The second-order valence-electron chi connectivity index (χ2n) is 4.54. The minimum absolute atomic E-state index is 0. The van der Waals surface area contributed by atoms with Crippen LogP contribution in [0.3, 0.4) is 0 Å². The summed E-state index contributed by atoms with van der Waals surface area (Å²) < 4.78 is 0. The number of halogens is 1. The average Bonchev–Trinajstić information content (AvgIpc) is 2.39. The summed E-state index contributed by atoms with van der Waals surface area (Å²) in [4.78, 5) is 7.04. The molecule has 96 valence electrons. The van der Waals surface area contributed by atoms with Crippen LogP contribution in [0.1, 0.15) is 5.69 Å². The molecule has 1 aliphatic rings. The lowest BCUT2D eigenvalue weighted by molar-refractivity contribution is -0.00000356. The van der Waals surface area contributed by atoms with Gasteiger partial charge in [-0.1, -0.05) is 18.2 Å². The van der Waals surface area contributed by atoms with Gasteiger partial charge in [0.25, 0.3) is 0 Å². The summed E-state index contributed by atoms with van der Waals surface area (Å²) in [7, 11) is 0. The summed E-state index contributed by atoms with van der Waals surface area (Å²) in [5, 5.41) is 4.65. The van der Waals surface area contributed by atoms with Gasteiger partial charge in [-0.15, -0.1) is 0 Å². The third-order valence-electron chi connectivity index (χ3n) is 3.28. The Morgan fingerprint density at radius 1 is 1.17 bits per heavy atom. The fourth-order valence-electron chi connectivity index (χ4n) is 2.45. The third kappa shape index (κ3) is 2.42. The fourth-order valence-corrected chi connectivity index (χ4v) is 2.45. The Kier molecular flexibility index (Phi) is 4.04. The number of nitrogens with zero attached hydrogens (tertiary/aromatic N) is 2. The number of aromatic nitrogens is 1. The highest BCUT2D eigenvalue weighted by Crippen LogP contribution is 2.26. The Labute approximate surface area is 114 Å². The zero-order valence-corrected chi connectivity index (χ0v) is 11.2. The van der Waals surface area contributed by atoms with Gasteiger partial charge in [0.1, 0.15) is 0 Å². The van der Waals surface area contributed by atoms with Crippen LogP contribution in [0.4, 0.5) is 5.69 Å². The Morgan fingerprint density at radius 2 is 1.89 bits per heavy atom. The molecule has 0 unspecified atom stereocenters. The summed E-state index contributed by atoms with van der Waals surface area (Å²) in [5.41, 5.74) is 3.52. The zero-order valence-electron chi connectivity index (χ0n) is 10.5. The molecule has 18 heavy (non-hydrogen) atoms. The first kappa shape index (κ1) is 13.1. The lowest BCUT2D eigenvalue weighted by atomic mass is 10.1.